The number of para-hydroxylation sites is 1. The highest BCUT2D eigenvalue weighted by Crippen LogP contribution is 2.28. The third-order valence-electron chi connectivity index (χ3n) is 5.29. The maximum atomic E-state index is 13.2. The van der Waals surface area contributed by atoms with Crippen LogP contribution in [0.3, 0.4) is 0 Å². The lowest BCUT2D eigenvalue weighted by molar-refractivity contribution is -0.385. The van der Waals surface area contributed by atoms with Crippen LogP contribution in [0.15, 0.2) is 41.3 Å². The maximum absolute atomic E-state index is 13.2. The minimum absolute atomic E-state index is 0.0718. The molecule has 1 aliphatic rings. The summed E-state index contributed by atoms with van der Waals surface area (Å²) >= 11 is 0. The number of anilines is 1. The van der Waals surface area contributed by atoms with Gasteiger partial charge in [-0.1, -0.05) is 31.0 Å². The number of benzene rings is 2. The number of hydrogen-bond acceptors (Lipinski definition) is 5. The summed E-state index contributed by atoms with van der Waals surface area (Å²) in [6.07, 6.45) is 3.67. The van der Waals surface area contributed by atoms with E-state index in [2.05, 4.69) is 5.32 Å². The Morgan fingerprint density at radius 3 is 2.33 bits per heavy atom. The Morgan fingerprint density at radius 1 is 1.03 bits per heavy atom. The van der Waals surface area contributed by atoms with E-state index in [9.17, 15) is 23.3 Å². The summed E-state index contributed by atoms with van der Waals surface area (Å²) in [5.41, 5.74) is 0.895. The number of hydrogen-bond donors (Lipinski definition) is 1. The van der Waals surface area contributed by atoms with Crippen LogP contribution in [0.1, 0.15) is 47.2 Å². The van der Waals surface area contributed by atoms with E-state index < -0.39 is 20.9 Å². The van der Waals surface area contributed by atoms with Gasteiger partial charge < -0.3 is 5.32 Å². The van der Waals surface area contributed by atoms with Crippen molar-refractivity contribution in [2.45, 2.75) is 44.4 Å². The van der Waals surface area contributed by atoms with E-state index in [0.717, 1.165) is 25.7 Å². The number of nitrogens with one attached hydrogen (secondary N) is 1. The molecule has 1 amide bonds. The normalized spacial score (nSPS) is 15.4. The predicted octanol–water partition coefficient (Wildman–Crippen LogP) is 4.03. The fourth-order valence-corrected chi connectivity index (χ4v) is 5.43. The molecule has 0 aliphatic carbocycles. The summed E-state index contributed by atoms with van der Waals surface area (Å²) < 4.78 is 27.9. The predicted molar refractivity (Wildman–Crippen MR) is 114 cm³/mol. The summed E-state index contributed by atoms with van der Waals surface area (Å²) in [4.78, 5) is 23.6. The zero-order valence-corrected chi connectivity index (χ0v) is 17.9. The number of carbonyl (C=O) groups excluding carboxylic acids is 1. The third-order valence-corrected chi connectivity index (χ3v) is 7.33. The van der Waals surface area contributed by atoms with Gasteiger partial charge in [0.05, 0.1) is 9.82 Å². The van der Waals surface area contributed by atoms with Crippen LogP contribution >= 0.6 is 0 Å². The Morgan fingerprint density at radius 2 is 1.70 bits per heavy atom. The lowest BCUT2D eigenvalue weighted by atomic mass is 10.1. The number of nitrogens with zero attached hydrogens (tertiary/aromatic N) is 2. The van der Waals surface area contributed by atoms with Crippen LogP contribution in [0.4, 0.5) is 11.4 Å². The van der Waals surface area contributed by atoms with Gasteiger partial charge in [0.15, 0.2) is 0 Å². The fraction of sp³-hybridized carbons (Fsp3) is 0.381. The molecule has 0 radical (unpaired) electrons. The van der Waals surface area contributed by atoms with Crippen molar-refractivity contribution in [2.24, 2.45) is 0 Å². The molecule has 0 spiro atoms. The van der Waals surface area contributed by atoms with Gasteiger partial charge in [0.2, 0.25) is 10.0 Å². The van der Waals surface area contributed by atoms with Crippen LogP contribution in [0.2, 0.25) is 0 Å². The van der Waals surface area contributed by atoms with Crippen LogP contribution < -0.4 is 5.32 Å². The van der Waals surface area contributed by atoms with Gasteiger partial charge in [-0.3, -0.25) is 14.9 Å². The molecule has 2 aromatic carbocycles. The molecular formula is C21H25N3O5S. The van der Waals surface area contributed by atoms with Crippen molar-refractivity contribution >= 4 is 27.3 Å². The van der Waals surface area contributed by atoms with Crippen molar-refractivity contribution in [2.75, 3.05) is 18.4 Å². The summed E-state index contributed by atoms with van der Waals surface area (Å²) in [7, 11) is -3.69. The minimum Gasteiger partial charge on any atom is -0.322 e. The summed E-state index contributed by atoms with van der Waals surface area (Å²) in [6, 6.07) is 9.16. The van der Waals surface area contributed by atoms with Gasteiger partial charge in [-0.2, -0.15) is 4.31 Å². The number of sulfonamides is 1. The van der Waals surface area contributed by atoms with Crippen LogP contribution in [-0.2, 0) is 10.0 Å². The molecular weight excluding hydrogens is 406 g/mol. The first-order valence-electron chi connectivity index (χ1n) is 9.88. The molecule has 30 heavy (non-hydrogen) atoms. The van der Waals surface area contributed by atoms with Crippen LogP contribution in [0.5, 0.6) is 0 Å². The summed E-state index contributed by atoms with van der Waals surface area (Å²) in [5.74, 6) is -0.660. The lowest BCUT2D eigenvalue weighted by Gasteiger charge is -2.21. The van der Waals surface area contributed by atoms with E-state index in [0.29, 0.717) is 24.2 Å². The van der Waals surface area contributed by atoms with Crippen molar-refractivity contribution in [1.82, 2.24) is 4.31 Å². The standard InChI is InChI=1S/C21H25N3O5S/c1-15-10-11-17(14-19(15)30(28,29)23-12-5-3-4-6-13-23)22-21(25)18-9-7-8-16(2)20(18)24(26)27/h7-11,14H,3-6,12-13H2,1-2H3,(H,22,25). The molecule has 1 saturated heterocycles. The van der Waals surface area contributed by atoms with Gasteiger partial charge in [-0.05, 0) is 50.5 Å². The molecule has 1 aliphatic heterocycles. The highest BCUT2D eigenvalue weighted by Gasteiger charge is 2.28. The molecule has 1 fully saturated rings. The van der Waals surface area contributed by atoms with Crippen molar-refractivity contribution in [1.29, 1.82) is 0 Å². The third kappa shape index (κ3) is 4.52. The SMILES string of the molecule is Cc1ccc(NC(=O)c2cccc(C)c2[N+](=O)[O-])cc1S(=O)(=O)N1CCCCCC1. The molecule has 0 atom stereocenters. The molecule has 1 N–H and O–H groups in total. The van der Waals surface area contributed by atoms with Crippen LogP contribution in [0.25, 0.3) is 0 Å². The molecule has 0 bridgehead atoms. The van der Waals surface area contributed by atoms with Gasteiger partial charge in [-0.15, -0.1) is 0 Å². The van der Waals surface area contributed by atoms with Gasteiger partial charge in [0, 0.05) is 24.3 Å². The Bertz CT molecular complexity index is 1070. The Kier molecular flexibility index (Phi) is 6.52. The molecule has 0 aromatic heterocycles. The van der Waals surface area contributed by atoms with Gasteiger partial charge in [-0.25, -0.2) is 8.42 Å². The number of amides is 1. The average molecular weight is 432 g/mol. The van der Waals surface area contributed by atoms with Crippen molar-refractivity contribution in [3.63, 3.8) is 0 Å². The van der Waals surface area contributed by atoms with Crippen molar-refractivity contribution in [3.8, 4) is 0 Å². The topological polar surface area (TPSA) is 110 Å². The first-order valence-corrected chi connectivity index (χ1v) is 11.3. The maximum Gasteiger partial charge on any atom is 0.285 e. The molecule has 160 valence electrons. The summed E-state index contributed by atoms with van der Waals surface area (Å²) in [6.45, 7) is 4.23. The first kappa shape index (κ1) is 21.9. The number of rotatable bonds is 5. The molecule has 9 heteroatoms. The second-order valence-corrected chi connectivity index (χ2v) is 9.39. The van der Waals surface area contributed by atoms with E-state index in [1.807, 2.05) is 0 Å². The summed E-state index contributed by atoms with van der Waals surface area (Å²) in [5, 5.41) is 14.0. The molecule has 1 heterocycles. The molecule has 0 saturated carbocycles. The average Bonchev–Trinajstić information content (AvgIpc) is 2.99. The number of aryl methyl sites for hydroxylation is 2. The van der Waals surface area contributed by atoms with E-state index in [-0.39, 0.29) is 21.8 Å². The van der Waals surface area contributed by atoms with E-state index in [1.165, 1.54) is 16.4 Å². The smallest absolute Gasteiger partial charge is 0.285 e. The van der Waals surface area contributed by atoms with Crippen molar-refractivity contribution < 1.29 is 18.1 Å². The first-order chi connectivity index (χ1) is 14.2. The van der Waals surface area contributed by atoms with Crippen LogP contribution in [-0.4, -0.2) is 36.6 Å². The van der Waals surface area contributed by atoms with E-state index >= 15 is 0 Å². The molecule has 0 unspecified atom stereocenters. The quantitative estimate of drug-likeness (QED) is 0.568. The largest absolute Gasteiger partial charge is 0.322 e. The molecule has 8 nitrogen and oxygen atoms in total. The minimum atomic E-state index is -3.69. The monoisotopic (exact) mass is 431 g/mol. The Balaban J connectivity index is 1.92. The van der Waals surface area contributed by atoms with Crippen LogP contribution in [0, 0.1) is 24.0 Å². The zero-order chi connectivity index (χ0) is 21.9. The Labute approximate surface area is 176 Å². The molecule has 3 rings (SSSR count). The second-order valence-electron chi connectivity index (χ2n) is 7.48. The zero-order valence-electron chi connectivity index (χ0n) is 17.1. The van der Waals surface area contributed by atoms with Gasteiger partial charge in [0.1, 0.15) is 5.56 Å². The Hall–Kier alpha value is -2.78. The number of nitro benzene ring substituents is 1. The lowest BCUT2D eigenvalue weighted by Crippen LogP contribution is -2.32. The number of nitro groups is 1. The highest BCUT2D eigenvalue weighted by atomic mass is 32.2. The van der Waals surface area contributed by atoms with E-state index in [4.69, 9.17) is 0 Å². The number of carbonyl (C=O) groups is 1. The van der Waals surface area contributed by atoms with Gasteiger partial charge in [0.25, 0.3) is 11.6 Å². The molecule has 2 aromatic rings. The highest BCUT2D eigenvalue weighted by molar-refractivity contribution is 7.89. The van der Waals surface area contributed by atoms with E-state index in [1.54, 1.807) is 38.1 Å². The van der Waals surface area contributed by atoms with Crippen molar-refractivity contribution in [3.05, 3.63) is 63.2 Å². The second kappa shape index (κ2) is 8.93. The fourth-order valence-electron chi connectivity index (χ4n) is 3.66. The van der Waals surface area contributed by atoms with Gasteiger partial charge >= 0.3 is 0 Å².